The first-order valence-electron chi connectivity index (χ1n) is 8.79. The maximum Gasteiger partial charge on any atom is 0.185 e. The van der Waals surface area contributed by atoms with E-state index >= 15 is 0 Å². The lowest BCUT2D eigenvalue weighted by Crippen LogP contribution is -2.44. The summed E-state index contributed by atoms with van der Waals surface area (Å²) in [5.74, 6) is 0.418. The molecule has 0 bridgehead atoms. The quantitative estimate of drug-likeness (QED) is 0.227. The molecule has 1 fully saturated rings. The van der Waals surface area contributed by atoms with E-state index in [-0.39, 0.29) is 29.6 Å². The Bertz CT molecular complexity index is 423. The van der Waals surface area contributed by atoms with E-state index in [1.165, 1.54) is 0 Å². The number of nitrogens with zero attached hydrogens (tertiary/aromatic N) is 1. The summed E-state index contributed by atoms with van der Waals surface area (Å²) in [6.07, 6.45) is 4.67. The lowest BCUT2D eigenvalue weighted by atomic mass is 9.98. The maximum absolute atomic E-state index is 12.5. The van der Waals surface area contributed by atoms with Gasteiger partial charge in [-0.25, -0.2) is 0 Å². The van der Waals surface area contributed by atoms with E-state index in [0.717, 1.165) is 25.7 Å². The molecule has 1 rings (SSSR count). The van der Waals surface area contributed by atoms with Crippen LogP contribution in [0.2, 0.25) is 0 Å². The van der Waals surface area contributed by atoms with Crippen molar-refractivity contribution in [1.82, 2.24) is 10.6 Å². The molecule has 1 unspecified atom stereocenters. The zero-order valence-electron chi connectivity index (χ0n) is 14.4. The molecule has 8 nitrogen and oxygen atoms in total. The zero-order valence-corrected chi connectivity index (χ0v) is 14.4. The van der Waals surface area contributed by atoms with E-state index in [9.17, 15) is 9.59 Å². The van der Waals surface area contributed by atoms with Crippen LogP contribution in [0.5, 0.6) is 0 Å². The van der Waals surface area contributed by atoms with Crippen LogP contribution in [0.15, 0.2) is 4.99 Å². The van der Waals surface area contributed by atoms with Gasteiger partial charge in [0.2, 0.25) is 0 Å². The number of hydrogen-bond donors (Lipinski definition) is 5. The van der Waals surface area contributed by atoms with Crippen LogP contribution in [-0.4, -0.2) is 55.8 Å². The highest BCUT2D eigenvalue weighted by Crippen LogP contribution is 2.11. The Morgan fingerprint density at radius 1 is 1.21 bits per heavy atom. The average Bonchev–Trinajstić information content (AvgIpc) is 2.56. The van der Waals surface area contributed by atoms with Crippen LogP contribution >= 0.6 is 0 Å². The Morgan fingerprint density at radius 3 is 2.71 bits per heavy atom. The molecule has 0 aliphatic carbocycles. The highest BCUT2D eigenvalue weighted by atomic mass is 16.1. The summed E-state index contributed by atoms with van der Waals surface area (Å²) < 4.78 is 0. The van der Waals surface area contributed by atoms with Gasteiger partial charge in [0.15, 0.2) is 5.96 Å². The molecule has 0 amide bonds. The van der Waals surface area contributed by atoms with Crippen molar-refractivity contribution in [3.8, 4) is 0 Å². The molecular weight excluding hydrogens is 308 g/mol. The van der Waals surface area contributed by atoms with Gasteiger partial charge in [0, 0.05) is 25.4 Å². The Hall–Kier alpha value is -1.51. The van der Waals surface area contributed by atoms with Crippen molar-refractivity contribution in [2.75, 3.05) is 26.2 Å². The summed E-state index contributed by atoms with van der Waals surface area (Å²) in [6.45, 7) is 2.13. The van der Waals surface area contributed by atoms with Crippen molar-refractivity contribution in [2.45, 2.75) is 57.0 Å². The van der Waals surface area contributed by atoms with Crippen LogP contribution in [0.25, 0.3) is 0 Å². The number of aliphatic imine (C=N–C) groups is 1. The molecule has 8 heteroatoms. The van der Waals surface area contributed by atoms with Crippen molar-refractivity contribution >= 4 is 17.5 Å². The Labute approximate surface area is 144 Å². The van der Waals surface area contributed by atoms with Gasteiger partial charge >= 0.3 is 0 Å². The lowest BCUT2D eigenvalue weighted by Gasteiger charge is -2.24. The third kappa shape index (κ3) is 8.95. The van der Waals surface area contributed by atoms with Gasteiger partial charge in [0.25, 0.3) is 0 Å². The molecule has 1 saturated heterocycles. The van der Waals surface area contributed by atoms with Crippen LogP contribution < -0.4 is 27.8 Å². The van der Waals surface area contributed by atoms with E-state index in [1.54, 1.807) is 0 Å². The van der Waals surface area contributed by atoms with Crippen LogP contribution in [0, 0.1) is 0 Å². The number of rotatable bonds is 7. The fourth-order valence-corrected chi connectivity index (χ4v) is 2.87. The number of Topliss-reactive ketones (excluding diaryl/α,β-unsaturated/α-hetero) is 2. The van der Waals surface area contributed by atoms with Crippen molar-refractivity contribution in [1.29, 1.82) is 0 Å². The van der Waals surface area contributed by atoms with Crippen LogP contribution in [0.3, 0.4) is 0 Å². The minimum absolute atomic E-state index is 0.0158. The van der Waals surface area contributed by atoms with E-state index < -0.39 is 0 Å². The third-order valence-corrected chi connectivity index (χ3v) is 4.10. The topological polar surface area (TPSA) is 149 Å². The average molecular weight is 340 g/mol. The summed E-state index contributed by atoms with van der Waals surface area (Å²) in [5.41, 5.74) is 16.2. The summed E-state index contributed by atoms with van der Waals surface area (Å²) in [7, 11) is 0. The van der Waals surface area contributed by atoms with E-state index in [4.69, 9.17) is 17.2 Å². The second kappa shape index (κ2) is 11.9. The molecule has 0 saturated carbocycles. The molecule has 24 heavy (non-hydrogen) atoms. The SMILES string of the molecule is NCCCC1CC(=O)CNCCCC(=O)[C@H](CCCN=C(N)N)N1. The first-order valence-corrected chi connectivity index (χ1v) is 8.79. The normalized spacial score (nSPS) is 23.5. The van der Waals surface area contributed by atoms with Gasteiger partial charge in [-0.3, -0.25) is 14.6 Å². The fourth-order valence-electron chi connectivity index (χ4n) is 2.87. The monoisotopic (exact) mass is 340 g/mol. The van der Waals surface area contributed by atoms with Gasteiger partial charge in [-0.1, -0.05) is 0 Å². The summed E-state index contributed by atoms with van der Waals surface area (Å²) >= 11 is 0. The second-order valence-corrected chi connectivity index (χ2v) is 6.29. The number of guanidine groups is 1. The molecule has 1 aliphatic heterocycles. The Kier molecular flexibility index (Phi) is 10.2. The van der Waals surface area contributed by atoms with Crippen molar-refractivity contribution < 1.29 is 9.59 Å². The molecule has 0 radical (unpaired) electrons. The highest BCUT2D eigenvalue weighted by molar-refractivity contribution is 5.84. The van der Waals surface area contributed by atoms with E-state index in [2.05, 4.69) is 15.6 Å². The van der Waals surface area contributed by atoms with Crippen molar-refractivity contribution in [3.05, 3.63) is 0 Å². The standard InChI is InChI=1S/C16H32N6O2/c17-7-1-4-12-10-13(23)11-20-8-3-6-15(24)14(22-12)5-2-9-21-16(18)19/h12,14,20,22H,1-11,17H2,(H4,18,19,21)/t12?,14-/m0/s1. The molecular formula is C16H32N6O2. The Balaban J connectivity index is 2.69. The molecule has 0 aromatic rings. The predicted octanol–water partition coefficient (Wildman–Crippen LogP) is -0.983. The highest BCUT2D eigenvalue weighted by Gasteiger charge is 2.23. The molecule has 2 atom stereocenters. The van der Waals surface area contributed by atoms with Gasteiger partial charge in [0.05, 0.1) is 12.6 Å². The van der Waals surface area contributed by atoms with Gasteiger partial charge in [-0.15, -0.1) is 0 Å². The van der Waals surface area contributed by atoms with Crippen LogP contribution in [0.4, 0.5) is 0 Å². The van der Waals surface area contributed by atoms with Crippen molar-refractivity contribution in [2.24, 2.45) is 22.2 Å². The van der Waals surface area contributed by atoms with Gasteiger partial charge < -0.3 is 27.8 Å². The maximum atomic E-state index is 12.5. The van der Waals surface area contributed by atoms with Gasteiger partial charge in [0.1, 0.15) is 11.6 Å². The second-order valence-electron chi connectivity index (χ2n) is 6.29. The molecule has 1 aliphatic rings. The molecule has 138 valence electrons. The number of carbonyl (C=O) groups is 2. The van der Waals surface area contributed by atoms with E-state index in [1.807, 2.05) is 0 Å². The molecule has 8 N–H and O–H groups in total. The number of hydrogen-bond acceptors (Lipinski definition) is 6. The van der Waals surface area contributed by atoms with Crippen LogP contribution in [0.1, 0.15) is 44.9 Å². The minimum Gasteiger partial charge on any atom is -0.370 e. The summed E-state index contributed by atoms with van der Waals surface area (Å²) in [5, 5.41) is 6.50. The third-order valence-electron chi connectivity index (χ3n) is 4.10. The number of nitrogens with one attached hydrogen (secondary N) is 2. The molecule has 0 aromatic carbocycles. The van der Waals surface area contributed by atoms with E-state index in [0.29, 0.717) is 45.4 Å². The van der Waals surface area contributed by atoms with Crippen molar-refractivity contribution in [3.63, 3.8) is 0 Å². The molecule has 1 heterocycles. The molecule has 0 aromatic heterocycles. The predicted molar refractivity (Wildman–Crippen MR) is 95.6 cm³/mol. The lowest BCUT2D eigenvalue weighted by molar-refractivity contribution is -0.122. The first kappa shape index (κ1) is 20.5. The van der Waals surface area contributed by atoms with Gasteiger partial charge in [-0.05, 0) is 45.2 Å². The minimum atomic E-state index is -0.257. The number of carbonyl (C=O) groups excluding carboxylic acids is 2. The first-order chi connectivity index (χ1) is 11.5. The smallest absolute Gasteiger partial charge is 0.185 e. The number of nitrogens with two attached hydrogens (primary N) is 3. The summed E-state index contributed by atoms with van der Waals surface area (Å²) in [6, 6.07) is -0.272. The Morgan fingerprint density at radius 2 is 2.00 bits per heavy atom. The zero-order chi connectivity index (χ0) is 17.8. The largest absolute Gasteiger partial charge is 0.370 e. The van der Waals surface area contributed by atoms with Gasteiger partial charge in [-0.2, -0.15) is 0 Å². The molecule has 0 spiro atoms. The van der Waals surface area contributed by atoms with Crippen LogP contribution in [-0.2, 0) is 9.59 Å². The summed E-state index contributed by atoms with van der Waals surface area (Å²) in [4.78, 5) is 28.5. The fraction of sp³-hybridized carbons (Fsp3) is 0.812. The number of ketones is 2.